The van der Waals surface area contributed by atoms with Crippen molar-refractivity contribution in [1.29, 1.82) is 0 Å². The summed E-state index contributed by atoms with van der Waals surface area (Å²) < 4.78 is 15.9. The second-order valence-corrected chi connectivity index (χ2v) is 4.29. The van der Waals surface area contributed by atoms with E-state index in [0.29, 0.717) is 6.79 Å². The SMILES string of the molecule is COc1ccc(N(C)c2ccc3c(c2)OCO3)cc1. The van der Waals surface area contributed by atoms with Gasteiger partial charge in [0.2, 0.25) is 6.79 Å². The summed E-state index contributed by atoms with van der Waals surface area (Å²) in [4.78, 5) is 2.08. The first kappa shape index (κ1) is 11.7. The van der Waals surface area contributed by atoms with E-state index in [0.717, 1.165) is 28.6 Å². The van der Waals surface area contributed by atoms with Gasteiger partial charge in [0.25, 0.3) is 0 Å². The maximum atomic E-state index is 5.39. The van der Waals surface area contributed by atoms with Gasteiger partial charge in [-0.1, -0.05) is 0 Å². The fourth-order valence-corrected chi connectivity index (χ4v) is 2.05. The van der Waals surface area contributed by atoms with Crippen LogP contribution in [0.5, 0.6) is 17.2 Å². The highest BCUT2D eigenvalue weighted by Crippen LogP contribution is 2.37. The van der Waals surface area contributed by atoms with Crippen LogP contribution >= 0.6 is 0 Å². The molecule has 19 heavy (non-hydrogen) atoms. The maximum absolute atomic E-state index is 5.39. The van der Waals surface area contributed by atoms with Gasteiger partial charge in [0, 0.05) is 24.5 Å². The molecule has 0 saturated heterocycles. The third kappa shape index (κ3) is 2.17. The van der Waals surface area contributed by atoms with Crippen LogP contribution in [-0.2, 0) is 0 Å². The molecule has 0 radical (unpaired) electrons. The quantitative estimate of drug-likeness (QED) is 0.845. The molecule has 0 bridgehead atoms. The monoisotopic (exact) mass is 257 g/mol. The molecule has 0 atom stereocenters. The standard InChI is InChI=1S/C15H15NO3/c1-16(11-3-6-13(17-2)7-4-11)12-5-8-14-15(9-12)19-10-18-14/h3-9H,10H2,1-2H3. The normalized spacial score (nSPS) is 12.3. The molecule has 0 fully saturated rings. The van der Waals surface area contributed by atoms with Crippen molar-refractivity contribution in [3.05, 3.63) is 42.5 Å². The van der Waals surface area contributed by atoms with Crippen molar-refractivity contribution in [3.63, 3.8) is 0 Å². The fourth-order valence-electron chi connectivity index (χ4n) is 2.05. The molecule has 0 spiro atoms. The Labute approximate surface area is 112 Å². The summed E-state index contributed by atoms with van der Waals surface area (Å²) in [5.74, 6) is 2.44. The van der Waals surface area contributed by atoms with E-state index in [1.807, 2.05) is 49.5 Å². The molecule has 0 aromatic heterocycles. The van der Waals surface area contributed by atoms with Crippen LogP contribution in [0.15, 0.2) is 42.5 Å². The number of nitrogens with zero attached hydrogens (tertiary/aromatic N) is 1. The fraction of sp³-hybridized carbons (Fsp3) is 0.200. The smallest absolute Gasteiger partial charge is 0.231 e. The Hall–Kier alpha value is -2.36. The van der Waals surface area contributed by atoms with Gasteiger partial charge in [0.15, 0.2) is 11.5 Å². The number of ether oxygens (including phenoxy) is 3. The lowest BCUT2D eigenvalue weighted by Crippen LogP contribution is -2.09. The summed E-state index contributed by atoms with van der Waals surface area (Å²) >= 11 is 0. The highest BCUT2D eigenvalue weighted by Gasteiger charge is 2.15. The summed E-state index contributed by atoms with van der Waals surface area (Å²) in [6, 6.07) is 13.8. The Morgan fingerprint density at radius 2 is 1.63 bits per heavy atom. The van der Waals surface area contributed by atoms with Crippen LogP contribution in [0.25, 0.3) is 0 Å². The van der Waals surface area contributed by atoms with Crippen molar-refractivity contribution in [2.24, 2.45) is 0 Å². The molecule has 1 heterocycles. The van der Waals surface area contributed by atoms with E-state index in [9.17, 15) is 0 Å². The van der Waals surface area contributed by atoms with Crippen molar-refractivity contribution in [2.45, 2.75) is 0 Å². The van der Waals surface area contributed by atoms with E-state index in [1.165, 1.54) is 0 Å². The van der Waals surface area contributed by atoms with Gasteiger partial charge in [-0.3, -0.25) is 0 Å². The van der Waals surface area contributed by atoms with Gasteiger partial charge in [-0.15, -0.1) is 0 Å². The minimum atomic E-state index is 0.297. The molecule has 2 aromatic rings. The molecule has 0 N–H and O–H groups in total. The summed E-state index contributed by atoms with van der Waals surface area (Å²) in [6.07, 6.45) is 0. The Bertz CT molecular complexity index is 580. The number of rotatable bonds is 3. The van der Waals surface area contributed by atoms with E-state index in [2.05, 4.69) is 4.90 Å². The second kappa shape index (κ2) is 4.72. The molecule has 0 saturated carbocycles. The molecule has 0 unspecified atom stereocenters. The molecule has 1 aliphatic heterocycles. The zero-order valence-corrected chi connectivity index (χ0v) is 10.9. The second-order valence-electron chi connectivity index (χ2n) is 4.29. The topological polar surface area (TPSA) is 30.9 Å². The van der Waals surface area contributed by atoms with Crippen LogP contribution in [0.4, 0.5) is 11.4 Å². The van der Waals surface area contributed by atoms with E-state index >= 15 is 0 Å². The summed E-state index contributed by atoms with van der Waals surface area (Å²) in [6.45, 7) is 0.297. The molecule has 2 aromatic carbocycles. The van der Waals surface area contributed by atoms with E-state index in [4.69, 9.17) is 14.2 Å². The average Bonchev–Trinajstić information content (AvgIpc) is 2.94. The minimum Gasteiger partial charge on any atom is -0.497 e. The highest BCUT2D eigenvalue weighted by molar-refractivity contribution is 5.66. The first-order valence-electron chi connectivity index (χ1n) is 6.05. The van der Waals surface area contributed by atoms with Crippen molar-refractivity contribution >= 4 is 11.4 Å². The molecule has 4 nitrogen and oxygen atoms in total. The van der Waals surface area contributed by atoms with Gasteiger partial charge in [-0.05, 0) is 36.4 Å². The Morgan fingerprint density at radius 1 is 0.947 bits per heavy atom. The molecule has 1 aliphatic rings. The number of methoxy groups -OCH3 is 1. The lowest BCUT2D eigenvalue weighted by molar-refractivity contribution is 0.174. The van der Waals surface area contributed by atoms with Gasteiger partial charge < -0.3 is 19.1 Å². The third-order valence-corrected chi connectivity index (χ3v) is 3.20. The lowest BCUT2D eigenvalue weighted by atomic mass is 10.2. The molecule has 3 rings (SSSR count). The minimum absolute atomic E-state index is 0.297. The van der Waals surface area contributed by atoms with Crippen molar-refractivity contribution in [3.8, 4) is 17.2 Å². The van der Waals surface area contributed by atoms with Gasteiger partial charge >= 0.3 is 0 Å². The van der Waals surface area contributed by atoms with E-state index in [1.54, 1.807) is 7.11 Å². The number of hydrogen-bond acceptors (Lipinski definition) is 4. The van der Waals surface area contributed by atoms with Crippen LogP contribution in [-0.4, -0.2) is 21.0 Å². The van der Waals surface area contributed by atoms with Gasteiger partial charge in [-0.25, -0.2) is 0 Å². The number of hydrogen-bond donors (Lipinski definition) is 0. The third-order valence-electron chi connectivity index (χ3n) is 3.20. The van der Waals surface area contributed by atoms with Crippen LogP contribution in [0, 0.1) is 0 Å². The van der Waals surface area contributed by atoms with Crippen molar-refractivity contribution < 1.29 is 14.2 Å². The number of benzene rings is 2. The highest BCUT2D eigenvalue weighted by atomic mass is 16.7. The molecular formula is C15H15NO3. The van der Waals surface area contributed by atoms with E-state index in [-0.39, 0.29) is 0 Å². The number of anilines is 2. The average molecular weight is 257 g/mol. The van der Waals surface area contributed by atoms with Gasteiger partial charge in [-0.2, -0.15) is 0 Å². The Kier molecular flexibility index (Phi) is 2.91. The molecule has 0 amide bonds. The van der Waals surface area contributed by atoms with Gasteiger partial charge in [0.1, 0.15) is 5.75 Å². The number of fused-ring (bicyclic) bond motifs is 1. The maximum Gasteiger partial charge on any atom is 0.231 e. The largest absolute Gasteiger partial charge is 0.497 e. The zero-order valence-electron chi connectivity index (χ0n) is 10.9. The summed E-state index contributed by atoms with van der Waals surface area (Å²) in [5, 5.41) is 0. The van der Waals surface area contributed by atoms with Crippen molar-refractivity contribution in [2.75, 3.05) is 25.9 Å². The Balaban J connectivity index is 1.88. The van der Waals surface area contributed by atoms with Crippen LogP contribution in [0.2, 0.25) is 0 Å². The first-order valence-corrected chi connectivity index (χ1v) is 6.05. The van der Waals surface area contributed by atoms with Gasteiger partial charge in [0.05, 0.1) is 7.11 Å². The molecule has 98 valence electrons. The lowest BCUT2D eigenvalue weighted by Gasteiger charge is -2.20. The van der Waals surface area contributed by atoms with Crippen LogP contribution in [0.3, 0.4) is 0 Å². The first-order chi connectivity index (χ1) is 9.28. The molecule has 4 heteroatoms. The molecule has 0 aliphatic carbocycles. The van der Waals surface area contributed by atoms with Crippen LogP contribution < -0.4 is 19.1 Å². The summed E-state index contributed by atoms with van der Waals surface area (Å²) in [7, 11) is 3.68. The van der Waals surface area contributed by atoms with Crippen molar-refractivity contribution in [1.82, 2.24) is 0 Å². The molecular weight excluding hydrogens is 242 g/mol. The Morgan fingerprint density at radius 3 is 2.37 bits per heavy atom. The van der Waals surface area contributed by atoms with E-state index < -0.39 is 0 Å². The predicted molar refractivity (Wildman–Crippen MR) is 73.6 cm³/mol. The predicted octanol–water partition coefficient (Wildman–Crippen LogP) is 3.19. The summed E-state index contributed by atoms with van der Waals surface area (Å²) in [5.41, 5.74) is 2.13. The zero-order chi connectivity index (χ0) is 13.2. The van der Waals surface area contributed by atoms with Crippen LogP contribution in [0.1, 0.15) is 0 Å².